The highest BCUT2D eigenvalue weighted by Crippen LogP contribution is 2.36. The largest absolute Gasteiger partial charge is 0.356 e. The highest BCUT2D eigenvalue weighted by Gasteiger charge is 2.30. The van der Waals surface area contributed by atoms with Crippen LogP contribution < -0.4 is 10.2 Å². The zero-order chi connectivity index (χ0) is 14.7. The molecule has 2 aliphatic rings. The molecular formula is C17H26FN3. The van der Waals surface area contributed by atoms with Crippen molar-refractivity contribution >= 4 is 5.82 Å². The van der Waals surface area contributed by atoms with Gasteiger partial charge in [-0.2, -0.15) is 0 Å². The molecule has 1 aromatic rings. The SMILES string of the molecule is CCCNCc1cc(F)cnc1N(CC1CC1)CC1CC1. The quantitative estimate of drug-likeness (QED) is 0.707. The summed E-state index contributed by atoms with van der Waals surface area (Å²) in [6.07, 6.45) is 7.81. The molecule has 0 amide bonds. The fraction of sp³-hybridized carbons (Fsp3) is 0.706. The molecular weight excluding hydrogens is 265 g/mol. The van der Waals surface area contributed by atoms with E-state index < -0.39 is 0 Å². The molecule has 3 nitrogen and oxygen atoms in total. The fourth-order valence-corrected chi connectivity index (χ4v) is 2.76. The summed E-state index contributed by atoms with van der Waals surface area (Å²) in [6, 6.07) is 1.65. The van der Waals surface area contributed by atoms with E-state index in [1.54, 1.807) is 6.07 Å². The summed E-state index contributed by atoms with van der Waals surface area (Å²) in [5.74, 6) is 2.42. The van der Waals surface area contributed by atoms with Gasteiger partial charge in [0.15, 0.2) is 0 Å². The molecule has 116 valence electrons. The maximum Gasteiger partial charge on any atom is 0.141 e. The van der Waals surface area contributed by atoms with Crippen LogP contribution in [0.3, 0.4) is 0 Å². The third-order valence-electron chi connectivity index (χ3n) is 4.30. The van der Waals surface area contributed by atoms with Crippen LogP contribution >= 0.6 is 0 Å². The van der Waals surface area contributed by atoms with Crippen molar-refractivity contribution in [1.29, 1.82) is 0 Å². The van der Waals surface area contributed by atoms with E-state index in [1.807, 2.05) is 0 Å². The Bertz CT molecular complexity index is 455. The molecule has 1 heterocycles. The molecule has 0 aliphatic heterocycles. The van der Waals surface area contributed by atoms with Crippen molar-refractivity contribution in [2.24, 2.45) is 11.8 Å². The van der Waals surface area contributed by atoms with Gasteiger partial charge in [0.05, 0.1) is 6.20 Å². The Hall–Kier alpha value is -1.16. The van der Waals surface area contributed by atoms with E-state index in [4.69, 9.17) is 0 Å². The summed E-state index contributed by atoms with van der Waals surface area (Å²) in [4.78, 5) is 6.84. The van der Waals surface area contributed by atoms with E-state index >= 15 is 0 Å². The van der Waals surface area contributed by atoms with Gasteiger partial charge in [-0.25, -0.2) is 9.37 Å². The van der Waals surface area contributed by atoms with Gasteiger partial charge in [-0.15, -0.1) is 0 Å². The van der Waals surface area contributed by atoms with E-state index in [9.17, 15) is 4.39 Å². The maximum absolute atomic E-state index is 13.6. The van der Waals surface area contributed by atoms with Crippen molar-refractivity contribution in [2.75, 3.05) is 24.5 Å². The highest BCUT2D eigenvalue weighted by molar-refractivity contribution is 5.47. The molecule has 2 fully saturated rings. The Labute approximate surface area is 126 Å². The zero-order valence-electron chi connectivity index (χ0n) is 12.9. The van der Waals surface area contributed by atoms with Crippen molar-refractivity contribution in [2.45, 2.75) is 45.6 Å². The minimum absolute atomic E-state index is 0.232. The van der Waals surface area contributed by atoms with Crippen LogP contribution in [0.1, 0.15) is 44.6 Å². The molecule has 0 atom stereocenters. The second-order valence-corrected chi connectivity index (χ2v) is 6.60. The summed E-state index contributed by atoms with van der Waals surface area (Å²) in [5, 5.41) is 3.38. The smallest absolute Gasteiger partial charge is 0.141 e. The average molecular weight is 291 g/mol. The number of hydrogen-bond donors (Lipinski definition) is 1. The lowest BCUT2D eigenvalue weighted by molar-refractivity contribution is 0.604. The fourth-order valence-electron chi connectivity index (χ4n) is 2.76. The predicted molar refractivity (Wildman–Crippen MR) is 83.9 cm³/mol. The molecule has 0 saturated heterocycles. The van der Waals surface area contributed by atoms with Crippen LogP contribution in [0.25, 0.3) is 0 Å². The molecule has 2 saturated carbocycles. The van der Waals surface area contributed by atoms with Crippen LogP contribution in [-0.4, -0.2) is 24.6 Å². The number of pyridine rings is 1. The molecule has 0 spiro atoms. The number of halogens is 1. The molecule has 0 unspecified atom stereocenters. The van der Waals surface area contributed by atoms with Gasteiger partial charge in [0.25, 0.3) is 0 Å². The summed E-state index contributed by atoms with van der Waals surface area (Å²) in [6.45, 7) is 6.00. The lowest BCUT2D eigenvalue weighted by Crippen LogP contribution is -2.31. The first-order valence-electron chi connectivity index (χ1n) is 8.36. The Morgan fingerprint density at radius 2 is 1.90 bits per heavy atom. The van der Waals surface area contributed by atoms with Gasteiger partial charge in [-0.05, 0) is 56.6 Å². The van der Waals surface area contributed by atoms with Crippen LogP contribution in [-0.2, 0) is 6.54 Å². The molecule has 1 aromatic heterocycles. The lowest BCUT2D eigenvalue weighted by atomic mass is 10.2. The van der Waals surface area contributed by atoms with Gasteiger partial charge >= 0.3 is 0 Å². The van der Waals surface area contributed by atoms with Crippen molar-refractivity contribution in [3.8, 4) is 0 Å². The van der Waals surface area contributed by atoms with Gasteiger partial charge in [-0.1, -0.05) is 6.92 Å². The van der Waals surface area contributed by atoms with E-state index in [2.05, 4.69) is 22.1 Å². The molecule has 3 rings (SSSR count). The van der Waals surface area contributed by atoms with Crippen molar-refractivity contribution in [1.82, 2.24) is 10.3 Å². The van der Waals surface area contributed by atoms with Crippen LogP contribution in [0.4, 0.5) is 10.2 Å². The third kappa shape index (κ3) is 4.40. The zero-order valence-corrected chi connectivity index (χ0v) is 12.9. The van der Waals surface area contributed by atoms with Gasteiger partial charge in [0.2, 0.25) is 0 Å². The molecule has 0 aromatic carbocycles. The lowest BCUT2D eigenvalue weighted by Gasteiger charge is -2.26. The van der Waals surface area contributed by atoms with Crippen LogP contribution in [0.5, 0.6) is 0 Å². The summed E-state index contributed by atoms with van der Waals surface area (Å²) >= 11 is 0. The first-order chi connectivity index (χ1) is 10.3. The van der Waals surface area contributed by atoms with E-state index in [0.29, 0.717) is 6.54 Å². The Balaban J connectivity index is 1.74. The van der Waals surface area contributed by atoms with Crippen LogP contribution in [0.2, 0.25) is 0 Å². The minimum Gasteiger partial charge on any atom is -0.356 e. The normalized spacial score (nSPS) is 18.0. The molecule has 21 heavy (non-hydrogen) atoms. The number of rotatable bonds is 9. The van der Waals surface area contributed by atoms with Gasteiger partial charge < -0.3 is 10.2 Å². The van der Waals surface area contributed by atoms with Crippen LogP contribution in [0, 0.1) is 17.7 Å². The molecule has 1 N–H and O–H groups in total. The van der Waals surface area contributed by atoms with E-state index in [-0.39, 0.29) is 5.82 Å². The van der Waals surface area contributed by atoms with E-state index in [0.717, 1.165) is 49.3 Å². The Morgan fingerprint density at radius 1 is 1.24 bits per heavy atom. The minimum atomic E-state index is -0.232. The number of nitrogens with one attached hydrogen (secondary N) is 1. The van der Waals surface area contributed by atoms with Gasteiger partial charge in [0, 0.05) is 25.2 Å². The second kappa shape index (κ2) is 6.73. The number of aromatic nitrogens is 1. The van der Waals surface area contributed by atoms with E-state index in [1.165, 1.54) is 31.9 Å². The maximum atomic E-state index is 13.6. The molecule has 0 bridgehead atoms. The third-order valence-corrected chi connectivity index (χ3v) is 4.30. The first kappa shape index (κ1) is 14.8. The van der Waals surface area contributed by atoms with Crippen molar-refractivity contribution in [3.63, 3.8) is 0 Å². The topological polar surface area (TPSA) is 28.2 Å². The monoisotopic (exact) mass is 291 g/mol. The average Bonchev–Trinajstić information content (AvgIpc) is 3.34. The number of nitrogens with zero attached hydrogens (tertiary/aromatic N) is 2. The van der Waals surface area contributed by atoms with Crippen molar-refractivity contribution in [3.05, 3.63) is 23.6 Å². The highest BCUT2D eigenvalue weighted by atomic mass is 19.1. The number of hydrogen-bond acceptors (Lipinski definition) is 3. The predicted octanol–water partition coefficient (Wildman–Crippen LogP) is 3.35. The van der Waals surface area contributed by atoms with Crippen LogP contribution in [0.15, 0.2) is 12.3 Å². The Morgan fingerprint density at radius 3 is 2.48 bits per heavy atom. The number of anilines is 1. The first-order valence-corrected chi connectivity index (χ1v) is 8.36. The van der Waals surface area contributed by atoms with Gasteiger partial charge in [-0.3, -0.25) is 0 Å². The Kier molecular flexibility index (Phi) is 4.73. The molecule has 4 heteroatoms. The standard InChI is InChI=1S/C17H26FN3/c1-2-7-19-9-15-8-16(18)10-20-17(15)21(11-13-3-4-13)12-14-5-6-14/h8,10,13-14,19H,2-7,9,11-12H2,1H3. The second-order valence-electron chi connectivity index (χ2n) is 6.60. The summed E-state index contributed by atoms with van der Waals surface area (Å²) in [7, 11) is 0. The van der Waals surface area contributed by atoms with Gasteiger partial charge in [0.1, 0.15) is 11.6 Å². The molecule has 0 radical (unpaired) electrons. The van der Waals surface area contributed by atoms with Crippen molar-refractivity contribution < 1.29 is 4.39 Å². The summed E-state index contributed by atoms with van der Waals surface area (Å²) < 4.78 is 13.6. The molecule has 2 aliphatic carbocycles. The summed E-state index contributed by atoms with van der Waals surface area (Å²) in [5.41, 5.74) is 1.00.